The molecule has 0 spiro atoms. The minimum absolute atomic E-state index is 0.216. The van der Waals surface area contributed by atoms with Crippen LogP contribution in [0.2, 0.25) is 0 Å². The van der Waals surface area contributed by atoms with Gasteiger partial charge in [-0.25, -0.2) is 14.8 Å². The van der Waals surface area contributed by atoms with Crippen LogP contribution in [0.25, 0.3) is 0 Å². The molecule has 1 aromatic carbocycles. The Balaban J connectivity index is 1.54. The highest BCUT2D eigenvalue weighted by atomic mass is 32.1. The second kappa shape index (κ2) is 8.33. The van der Waals surface area contributed by atoms with E-state index in [1.54, 1.807) is 11.1 Å². The van der Waals surface area contributed by atoms with Crippen LogP contribution in [0.5, 0.6) is 0 Å². The SMILES string of the molecule is COC(=O)c1cc(C)sc1N1C(=O)[C@@H]2[C@H](ON(c3ccccc3)[C@H]2C2CCCCC2)C1=O. The van der Waals surface area contributed by atoms with Crippen LogP contribution in [0.15, 0.2) is 36.4 Å². The van der Waals surface area contributed by atoms with Gasteiger partial charge < -0.3 is 4.74 Å². The molecule has 1 aliphatic carbocycles. The summed E-state index contributed by atoms with van der Waals surface area (Å²) in [6.45, 7) is 1.84. The third-order valence-electron chi connectivity index (χ3n) is 6.75. The molecular weight excluding hydrogens is 428 g/mol. The van der Waals surface area contributed by atoms with Crippen molar-refractivity contribution in [3.63, 3.8) is 0 Å². The number of anilines is 2. The summed E-state index contributed by atoms with van der Waals surface area (Å²) in [6.07, 6.45) is 4.55. The van der Waals surface area contributed by atoms with E-state index in [-0.39, 0.29) is 23.4 Å². The second-order valence-electron chi connectivity index (χ2n) is 8.68. The number of imide groups is 1. The van der Waals surface area contributed by atoms with Crippen LogP contribution in [0.4, 0.5) is 10.7 Å². The van der Waals surface area contributed by atoms with Crippen molar-refractivity contribution in [2.24, 2.45) is 11.8 Å². The van der Waals surface area contributed by atoms with Crippen LogP contribution < -0.4 is 9.96 Å². The maximum absolute atomic E-state index is 13.8. The number of esters is 1. The van der Waals surface area contributed by atoms with Gasteiger partial charge in [0, 0.05) is 4.88 Å². The molecular formula is C24H26N2O5S. The lowest BCUT2D eigenvalue weighted by Crippen LogP contribution is -2.45. The summed E-state index contributed by atoms with van der Waals surface area (Å²) >= 11 is 1.25. The van der Waals surface area contributed by atoms with Crippen molar-refractivity contribution >= 4 is 39.8 Å². The van der Waals surface area contributed by atoms with Crippen LogP contribution in [0.1, 0.15) is 47.3 Å². The highest BCUT2D eigenvalue weighted by molar-refractivity contribution is 7.17. The molecule has 2 aliphatic heterocycles. The average molecular weight is 455 g/mol. The Morgan fingerprint density at radius 2 is 1.81 bits per heavy atom. The van der Waals surface area contributed by atoms with E-state index in [4.69, 9.17) is 9.57 Å². The zero-order chi connectivity index (χ0) is 22.4. The van der Waals surface area contributed by atoms with E-state index in [2.05, 4.69) is 0 Å². The molecule has 3 heterocycles. The van der Waals surface area contributed by atoms with E-state index in [0.717, 1.165) is 41.1 Å². The molecule has 0 bridgehead atoms. The van der Waals surface area contributed by atoms with Crippen LogP contribution in [0.3, 0.4) is 0 Å². The number of amides is 2. The van der Waals surface area contributed by atoms with Crippen molar-refractivity contribution in [1.29, 1.82) is 0 Å². The zero-order valence-electron chi connectivity index (χ0n) is 18.2. The van der Waals surface area contributed by atoms with Gasteiger partial charge in [0.05, 0.1) is 24.4 Å². The summed E-state index contributed by atoms with van der Waals surface area (Å²) in [6, 6.07) is 11.1. The third-order valence-corrected chi connectivity index (χ3v) is 7.78. The minimum atomic E-state index is -0.887. The van der Waals surface area contributed by atoms with Gasteiger partial charge in [-0.05, 0) is 43.9 Å². The number of thiophene rings is 1. The molecule has 3 fully saturated rings. The van der Waals surface area contributed by atoms with E-state index < -0.39 is 23.9 Å². The van der Waals surface area contributed by atoms with Crippen molar-refractivity contribution in [3.05, 3.63) is 46.8 Å². The smallest absolute Gasteiger partial charge is 0.340 e. The Bertz CT molecular complexity index is 1050. The molecule has 3 atom stereocenters. The number of carbonyl (C=O) groups excluding carboxylic acids is 3. The number of aryl methyl sites for hydroxylation is 1. The first-order valence-corrected chi connectivity index (χ1v) is 11.9. The predicted octanol–water partition coefficient (Wildman–Crippen LogP) is 4.10. The fraction of sp³-hybridized carbons (Fsp3) is 0.458. The van der Waals surface area contributed by atoms with Gasteiger partial charge in [0.1, 0.15) is 10.9 Å². The van der Waals surface area contributed by atoms with E-state index in [1.165, 1.54) is 24.9 Å². The predicted molar refractivity (Wildman–Crippen MR) is 121 cm³/mol. The number of nitrogens with zero attached hydrogens (tertiary/aromatic N) is 2. The number of para-hydroxylation sites is 1. The van der Waals surface area contributed by atoms with Gasteiger partial charge in [-0.3, -0.25) is 14.4 Å². The number of hydrogen-bond acceptors (Lipinski definition) is 7. The van der Waals surface area contributed by atoms with Gasteiger partial charge in [0.15, 0.2) is 6.10 Å². The standard InChI is InChI=1S/C24H26N2O5S/c1-14-13-17(24(29)30-2)23(32-14)25-21(27)18-19(15-9-5-3-6-10-15)26(31-20(18)22(25)28)16-11-7-4-8-12-16/h4,7-8,11-13,15,18-20H,3,5-6,9-10H2,1-2H3/t18-,19-,20-/m0/s1. The Kier molecular flexibility index (Phi) is 5.51. The maximum Gasteiger partial charge on any atom is 0.340 e. The molecule has 32 heavy (non-hydrogen) atoms. The van der Waals surface area contributed by atoms with Crippen LogP contribution in [0, 0.1) is 18.8 Å². The van der Waals surface area contributed by atoms with Gasteiger partial charge in [0.25, 0.3) is 5.91 Å². The molecule has 168 valence electrons. The number of ether oxygens (including phenoxy) is 1. The first-order valence-electron chi connectivity index (χ1n) is 11.1. The average Bonchev–Trinajstić information content (AvgIpc) is 3.47. The zero-order valence-corrected chi connectivity index (χ0v) is 19.0. The Hall–Kier alpha value is -2.71. The summed E-state index contributed by atoms with van der Waals surface area (Å²) in [4.78, 5) is 47.8. The first-order chi connectivity index (χ1) is 15.5. The molecule has 3 aliphatic rings. The molecule has 2 amide bonds. The number of benzene rings is 1. The van der Waals surface area contributed by atoms with E-state index >= 15 is 0 Å². The summed E-state index contributed by atoms with van der Waals surface area (Å²) in [5, 5.41) is 2.13. The number of carbonyl (C=O) groups is 3. The number of hydroxylamine groups is 1. The first kappa shape index (κ1) is 21.2. The lowest BCUT2D eigenvalue weighted by atomic mass is 9.77. The summed E-state index contributed by atoms with van der Waals surface area (Å²) in [5.41, 5.74) is 1.10. The lowest BCUT2D eigenvalue weighted by molar-refractivity contribution is -0.126. The van der Waals surface area contributed by atoms with E-state index in [9.17, 15) is 14.4 Å². The molecule has 2 aromatic rings. The molecule has 1 saturated carbocycles. The quantitative estimate of drug-likeness (QED) is 0.511. The summed E-state index contributed by atoms with van der Waals surface area (Å²) in [7, 11) is 1.29. The topological polar surface area (TPSA) is 76.2 Å². The van der Waals surface area contributed by atoms with Crippen molar-refractivity contribution in [1.82, 2.24) is 0 Å². The van der Waals surface area contributed by atoms with E-state index in [1.807, 2.05) is 37.3 Å². The van der Waals surface area contributed by atoms with Crippen molar-refractivity contribution in [2.45, 2.75) is 51.2 Å². The molecule has 2 saturated heterocycles. The van der Waals surface area contributed by atoms with Crippen molar-refractivity contribution in [2.75, 3.05) is 17.1 Å². The molecule has 7 nitrogen and oxygen atoms in total. The van der Waals surface area contributed by atoms with Crippen LogP contribution >= 0.6 is 11.3 Å². The van der Waals surface area contributed by atoms with E-state index in [0.29, 0.717) is 5.00 Å². The Morgan fingerprint density at radius 3 is 2.50 bits per heavy atom. The molecule has 5 rings (SSSR count). The summed E-state index contributed by atoms with van der Waals surface area (Å²) in [5.74, 6) is -1.59. The largest absolute Gasteiger partial charge is 0.465 e. The summed E-state index contributed by atoms with van der Waals surface area (Å²) < 4.78 is 4.88. The van der Waals surface area contributed by atoms with Crippen LogP contribution in [-0.2, 0) is 19.2 Å². The van der Waals surface area contributed by atoms with Gasteiger partial charge >= 0.3 is 5.97 Å². The van der Waals surface area contributed by atoms with Crippen LogP contribution in [-0.4, -0.2) is 37.0 Å². The third kappa shape index (κ3) is 3.33. The lowest BCUT2D eigenvalue weighted by Gasteiger charge is -2.35. The number of hydrogen-bond donors (Lipinski definition) is 0. The second-order valence-corrected chi connectivity index (χ2v) is 9.92. The highest BCUT2D eigenvalue weighted by Gasteiger charge is 2.62. The number of fused-ring (bicyclic) bond motifs is 1. The Morgan fingerprint density at radius 1 is 1.09 bits per heavy atom. The van der Waals surface area contributed by atoms with Gasteiger partial charge in [-0.15, -0.1) is 11.3 Å². The minimum Gasteiger partial charge on any atom is -0.465 e. The van der Waals surface area contributed by atoms with Gasteiger partial charge in [-0.2, -0.15) is 0 Å². The highest BCUT2D eigenvalue weighted by Crippen LogP contribution is 2.47. The van der Waals surface area contributed by atoms with Gasteiger partial charge in [0.2, 0.25) is 5.91 Å². The molecule has 1 aromatic heterocycles. The normalized spacial score (nSPS) is 26.0. The van der Waals surface area contributed by atoms with Crippen molar-refractivity contribution in [3.8, 4) is 0 Å². The van der Waals surface area contributed by atoms with Crippen molar-refractivity contribution < 1.29 is 24.0 Å². The molecule has 0 N–H and O–H groups in total. The fourth-order valence-corrected chi connectivity index (χ4v) is 6.34. The molecule has 8 heteroatoms. The number of rotatable bonds is 4. The monoisotopic (exact) mass is 454 g/mol. The Labute approximate surface area is 190 Å². The van der Waals surface area contributed by atoms with Gasteiger partial charge in [-0.1, -0.05) is 37.5 Å². The number of methoxy groups -OCH3 is 1. The molecule has 0 unspecified atom stereocenters. The maximum atomic E-state index is 13.8. The fourth-order valence-electron chi connectivity index (χ4n) is 5.33. The molecule has 0 radical (unpaired) electrons.